The molecule has 0 fully saturated rings. The smallest absolute Gasteiger partial charge is 0.164 e. The van der Waals surface area contributed by atoms with E-state index in [1.54, 1.807) is 0 Å². The molecule has 3 nitrogen and oxygen atoms in total. The van der Waals surface area contributed by atoms with E-state index in [0.717, 1.165) is 38.9 Å². The zero-order valence-corrected chi connectivity index (χ0v) is 23.3. The van der Waals surface area contributed by atoms with Gasteiger partial charge in [-0.15, -0.1) is 0 Å². The topological polar surface area (TPSA) is 38.7 Å². The lowest BCUT2D eigenvalue weighted by Gasteiger charge is -2.13. The normalized spacial score (nSPS) is 11.0. The second-order valence-corrected chi connectivity index (χ2v) is 10.6. The second kappa shape index (κ2) is 10.7. The van der Waals surface area contributed by atoms with Crippen LogP contribution in [-0.4, -0.2) is 15.0 Å². The van der Waals surface area contributed by atoms with Crippen molar-refractivity contribution >= 4 is 0 Å². The van der Waals surface area contributed by atoms with Crippen molar-refractivity contribution in [2.45, 2.75) is 27.7 Å². The fraction of sp³-hybridized carbons (Fsp3) is 0.108. The lowest BCUT2D eigenvalue weighted by atomic mass is 9.95. The third-order valence-corrected chi connectivity index (χ3v) is 7.22. The van der Waals surface area contributed by atoms with E-state index in [-0.39, 0.29) is 0 Å². The number of hydrogen-bond donors (Lipinski definition) is 0. The average Bonchev–Trinajstić information content (AvgIpc) is 2.98. The summed E-state index contributed by atoms with van der Waals surface area (Å²) in [6, 6.07) is 40.6. The molecule has 3 heteroatoms. The van der Waals surface area contributed by atoms with Gasteiger partial charge in [-0.2, -0.15) is 0 Å². The first kappa shape index (κ1) is 25.4. The monoisotopic (exact) mass is 517 g/mol. The summed E-state index contributed by atoms with van der Waals surface area (Å²) >= 11 is 0. The van der Waals surface area contributed by atoms with Gasteiger partial charge >= 0.3 is 0 Å². The SMILES string of the molecule is Cc1ccc(-c2cc(-c3ccc(C)cc3)cc(-c3nc(-c4ccc(C)cc4)nc(-c4ccc(C)cc4)n3)c2)cc1. The molecule has 0 radical (unpaired) electrons. The number of aromatic nitrogens is 3. The lowest BCUT2D eigenvalue weighted by Crippen LogP contribution is -2.00. The van der Waals surface area contributed by atoms with Crippen LogP contribution in [0.1, 0.15) is 22.3 Å². The van der Waals surface area contributed by atoms with E-state index in [9.17, 15) is 0 Å². The summed E-state index contributed by atoms with van der Waals surface area (Å²) in [5.74, 6) is 1.99. The van der Waals surface area contributed by atoms with Gasteiger partial charge in [-0.25, -0.2) is 15.0 Å². The summed E-state index contributed by atoms with van der Waals surface area (Å²) in [4.78, 5) is 15.0. The predicted octanol–water partition coefficient (Wildman–Crippen LogP) is 9.44. The molecule has 1 heterocycles. The molecule has 0 amide bonds. The van der Waals surface area contributed by atoms with Gasteiger partial charge in [-0.1, -0.05) is 119 Å². The molecule has 6 aromatic rings. The van der Waals surface area contributed by atoms with Crippen LogP contribution in [0, 0.1) is 27.7 Å². The standard InChI is InChI=1S/C37H31N3/c1-24-5-13-28(14-6-24)32-21-33(29-15-7-25(2)8-16-29)23-34(22-32)37-39-35(30-17-9-26(3)10-18-30)38-36(40-37)31-19-11-27(4)12-20-31/h5-23H,1-4H3. The van der Waals surface area contributed by atoms with Crippen molar-refractivity contribution in [3.63, 3.8) is 0 Å². The van der Waals surface area contributed by atoms with Crippen LogP contribution in [-0.2, 0) is 0 Å². The summed E-state index contributed by atoms with van der Waals surface area (Å²) in [5.41, 5.74) is 12.3. The molecule has 40 heavy (non-hydrogen) atoms. The lowest BCUT2D eigenvalue weighted by molar-refractivity contribution is 1.07. The summed E-state index contributed by atoms with van der Waals surface area (Å²) < 4.78 is 0. The van der Waals surface area contributed by atoms with E-state index in [1.165, 1.54) is 22.3 Å². The average molecular weight is 518 g/mol. The molecule has 6 rings (SSSR count). The Hall–Kier alpha value is -4.89. The van der Waals surface area contributed by atoms with Crippen molar-refractivity contribution < 1.29 is 0 Å². The van der Waals surface area contributed by atoms with Crippen molar-refractivity contribution in [1.29, 1.82) is 0 Å². The van der Waals surface area contributed by atoms with E-state index in [2.05, 4.69) is 143 Å². The van der Waals surface area contributed by atoms with Crippen molar-refractivity contribution in [3.05, 3.63) is 138 Å². The molecule has 0 aliphatic rings. The highest BCUT2D eigenvalue weighted by atomic mass is 15.0. The Labute approximate surface area is 236 Å². The largest absolute Gasteiger partial charge is 0.208 e. The van der Waals surface area contributed by atoms with Gasteiger partial charge in [0.1, 0.15) is 0 Å². The Balaban J connectivity index is 1.57. The van der Waals surface area contributed by atoms with Crippen molar-refractivity contribution in [2.75, 3.05) is 0 Å². The quantitative estimate of drug-likeness (QED) is 0.229. The van der Waals surface area contributed by atoms with Crippen LogP contribution in [0.3, 0.4) is 0 Å². The Kier molecular flexibility index (Phi) is 6.79. The highest BCUT2D eigenvalue weighted by molar-refractivity contribution is 5.80. The fourth-order valence-electron chi connectivity index (χ4n) is 4.75. The molecule has 0 bridgehead atoms. The summed E-state index contributed by atoms with van der Waals surface area (Å²) in [7, 11) is 0. The number of hydrogen-bond acceptors (Lipinski definition) is 3. The third-order valence-electron chi connectivity index (χ3n) is 7.22. The van der Waals surface area contributed by atoms with E-state index in [0.29, 0.717) is 17.5 Å². The van der Waals surface area contributed by atoms with Crippen molar-refractivity contribution in [2.24, 2.45) is 0 Å². The zero-order valence-electron chi connectivity index (χ0n) is 23.3. The fourth-order valence-corrected chi connectivity index (χ4v) is 4.75. The summed E-state index contributed by atoms with van der Waals surface area (Å²) in [6.07, 6.45) is 0. The van der Waals surface area contributed by atoms with Gasteiger partial charge in [0.25, 0.3) is 0 Å². The molecule has 5 aromatic carbocycles. The minimum Gasteiger partial charge on any atom is -0.208 e. The highest BCUT2D eigenvalue weighted by Gasteiger charge is 2.15. The maximum Gasteiger partial charge on any atom is 0.164 e. The van der Waals surface area contributed by atoms with Crippen LogP contribution in [0.15, 0.2) is 115 Å². The van der Waals surface area contributed by atoms with Gasteiger partial charge in [0, 0.05) is 16.7 Å². The van der Waals surface area contributed by atoms with E-state index in [1.807, 2.05) is 0 Å². The van der Waals surface area contributed by atoms with Gasteiger partial charge in [0.2, 0.25) is 0 Å². The number of aryl methyl sites for hydroxylation is 4. The van der Waals surface area contributed by atoms with Gasteiger partial charge < -0.3 is 0 Å². The van der Waals surface area contributed by atoms with Crippen molar-refractivity contribution in [3.8, 4) is 56.4 Å². The molecular weight excluding hydrogens is 486 g/mol. The molecule has 0 N–H and O–H groups in total. The predicted molar refractivity (Wildman–Crippen MR) is 166 cm³/mol. The molecule has 0 aliphatic heterocycles. The Morgan fingerprint density at radius 1 is 0.275 bits per heavy atom. The van der Waals surface area contributed by atoms with Crippen LogP contribution in [0.25, 0.3) is 56.4 Å². The van der Waals surface area contributed by atoms with Gasteiger partial charge in [-0.3, -0.25) is 0 Å². The highest BCUT2D eigenvalue weighted by Crippen LogP contribution is 2.33. The van der Waals surface area contributed by atoms with Gasteiger partial charge in [-0.05, 0) is 68.1 Å². The van der Waals surface area contributed by atoms with E-state index >= 15 is 0 Å². The molecule has 0 saturated carbocycles. The first-order chi connectivity index (χ1) is 19.4. The molecule has 0 saturated heterocycles. The Morgan fingerprint density at radius 2 is 0.525 bits per heavy atom. The van der Waals surface area contributed by atoms with Crippen LogP contribution in [0.5, 0.6) is 0 Å². The van der Waals surface area contributed by atoms with Crippen LogP contribution < -0.4 is 0 Å². The number of rotatable bonds is 5. The summed E-state index contributed by atoms with van der Waals surface area (Å²) in [6.45, 7) is 8.40. The maximum atomic E-state index is 5.02. The van der Waals surface area contributed by atoms with E-state index in [4.69, 9.17) is 15.0 Å². The summed E-state index contributed by atoms with van der Waals surface area (Å²) in [5, 5.41) is 0. The molecule has 194 valence electrons. The Morgan fingerprint density at radius 3 is 0.850 bits per heavy atom. The molecule has 0 atom stereocenters. The van der Waals surface area contributed by atoms with Gasteiger partial charge in [0.05, 0.1) is 0 Å². The van der Waals surface area contributed by atoms with Crippen LogP contribution in [0.4, 0.5) is 0 Å². The molecule has 1 aromatic heterocycles. The van der Waals surface area contributed by atoms with Gasteiger partial charge in [0.15, 0.2) is 17.5 Å². The molecule has 0 aliphatic carbocycles. The second-order valence-electron chi connectivity index (χ2n) is 10.6. The first-order valence-corrected chi connectivity index (χ1v) is 13.6. The van der Waals surface area contributed by atoms with E-state index < -0.39 is 0 Å². The number of nitrogens with zero attached hydrogens (tertiary/aromatic N) is 3. The Bertz CT molecular complexity index is 1520. The number of benzene rings is 5. The van der Waals surface area contributed by atoms with Crippen LogP contribution in [0.2, 0.25) is 0 Å². The van der Waals surface area contributed by atoms with Crippen LogP contribution >= 0.6 is 0 Å². The zero-order chi connectivity index (χ0) is 27.6. The van der Waals surface area contributed by atoms with Crippen molar-refractivity contribution in [1.82, 2.24) is 15.0 Å². The maximum absolute atomic E-state index is 5.02. The molecular formula is C37H31N3. The minimum atomic E-state index is 0.656. The molecule has 0 spiro atoms. The third kappa shape index (κ3) is 5.45. The minimum absolute atomic E-state index is 0.656. The first-order valence-electron chi connectivity index (χ1n) is 13.6. The molecule has 0 unspecified atom stereocenters.